The van der Waals surface area contributed by atoms with Gasteiger partial charge in [-0.3, -0.25) is 4.57 Å². The zero-order valence-electron chi connectivity index (χ0n) is 56.8. The normalized spacial score (nSPS) is 11.8. The van der Waals surface area contributed by atoms with Gasteiger partial charge in [-0.15, -0.1) is 0 Å². The third-order valence-corrected chi connectivity index (χ3v) is 21.2. The molecule has 21 aromatic rings. The Hall–Kier alpha value is -14.1. The topological polar surface area (TPSA) is 66.3 Å². The molecule has 7 aromatic heterocycles. The highest BCUT2D eigenvalue weighted by Gasteiger charge is 2.29. The van der Waals surface area contributed by atoms with Crippen molar-refractivity contribution in [1.82, 2.24) is 33.6 Å². The first kappa shape index (κ1) is 59.7. The number of rotatable bonds is 11. The van der Waals surface area contributed by atoms with Gasteiger partial charge in [-0.1, -0.05) is 273 Å². The van der Waals surface area contributed by atoms with Crippen LogP contribution in [0.1, 0.15) is 0 Å². The molecular formula is C98H61N7. The number of aromatic nitrogens is 7. The Bertz CT molecular complexity index is 6800. The highest BCUT2D eigenvalue weighted by molar-refractivity contribution is 6.18. The Morgan fingerprint density at radius 1 is 0.190 bits per heavy atom. The van der Waals surface area contributed by atoms with Gasteiger partial charge < -0.3 is 9.13 Å². The number of fused-ring (bicyclic) bond motifs is 12. The fourth-order valence-electron chi connectivity index (χ4n) is 16.2. The second kappa shape index (κ2) is 24.3. The van der Waals surface area contributed by atoms with Crippen LogP contribution in [0.25, 0.3) is 205 Å². The molecule has 0 amide bonds. The van der Waals surface area contributed by atoms with E-state index in [2.05, 4.69) is 384 Å². The number of nitrogens with zero attached hydrogens (tertiary/aromatic N) is 7. The number of hydrogen-bond acceptors (Lipinski definition) is 4. The zero-order valence-corrected chi connectivity index (χ0v) is 56.8. The molecule has 7 heterocycles. The summed E-state index contributed by atoms with van der Waals surface area (Å²) in [5.74, 6) is 0.800. The molecule has 0 spiro atoms. The summed E-state index contributed by atoms with van der Waals surface area (Å²) in [7, 11) is 0. The second-order valence-electron chi connectivity index (χ2n) is 27.3. The number of benzene rings is 14. The summed E-state index contributed by atoms with van der Waals surface area (Å²) < 4.78 is 7.45. The summed E-state index contributed by atoms with van der Waals surface area (Å²) in [6.45, 7) is 0. The van der Waals surface area contributed by atoms with Crippen molar-refractivity contribution in [2.75, 3.05) is 0 Å². The van der Waals surface area contributed by atoms with E-state index in [1.54, 1.807) is 0 Å². The summed E-state index contributed by atoms with van der Waals surface area (Å²) >= 11 is 0. The number of para-hydroxylation sites is 3. The van der Waals surface area contributed by atoms with Gasteiger partial charge in [0.2, 0.25) is 0 Å². The lowest BCUT2D eigenvalue weighted by Crippen LogP contribution is -2.11. The molecule has 7 nitrogen and oxygen atoms in total. The fourth-order valence-corrected chi connectivity index (χ4v) is 16.2. The molecule has 0 bridgehead atoms. The summed E-state index contributed by atoms with van der Waals surface area (Å²) in [6, 6.07) is 131. The summed E-state index contributed by atoms with van der Waals surface area (Å²) in [5, 5.41) is 14.0. The summed E-state index contributed by atoms with van der Waals surface area (Å²) in [4.78, 5) is 22.5. The molecule has 0 atom stereocenters. The van der Waals surface area contributed by atoms with E-state index in [1.165, 1.54) is 21.5 Å². The van der Waals surface area contributed by atoms with Crippen LogP contribution in [-0.4, -0.2) is 33.6 Å². The van der Waals surface area contributed by atoms with Gasteiger partial charge in [-0.2, -0.15) is 0 Å². The molecule has 105 heavy (non-hydrogen) atoms. The van der Waals surface area contributed by atoms with Crippen LogP contribution in [0.2, 0.25) is 0 Å². The molecule has 488 valence electrons. The Labute approximate surface area is 604 Å². The minimum absolute atomic E-state index is 0.800. The minimum atomic E-state index is 0.800. The first-order valence-electron chi connectivity index (χ1n) is 35.7. The fraction of sp³-hybridized carbons (Fsp3) is 0. The van der Waals surface area contributed by atoms with Gasteiger partial charge in [0, 0.05) is 71.3 Å². The molecule has 0 radical (unpaired) electrons. The third-order valence-electron chi connectivity index (χ3n) is 21.2. The predicted octanol–water partition coefficient (Wildman–Crippen LogP) is 25.4. The van der Waals surface area contributed by atoms with Gasteiger partial charge in [0.15, 0.2) is 5.82 Å². The Kier molecular flexibility index (Phi) is 13.8. The van der Waals surface area contributed by atoms with Crippen LogP contribution in [0, 0.1) is 0 Å². The predicted molar refractivity (Wildman–Crippen MR) is 437 cm³/mol. The van der Waals surface area contributed by atoms with Crippen molar-refractivity contribution in [1.29, 1.82) is 0 Å². The average molecular weight is 1340 g/mol. The van der Waals surface area contributed by atoms with E-state index in [1.807, 2.05) is 0 Å². The molecule has 0 aliphatic carbocycles. The quantitative estimate of drug-likeness (QED) is 0.129. The molecule has 0 saturated heterocycles. The first-order valence-corrected chi connectivity index (χ1v) is 35.7. The van der Waals surface area contributed by atoms with Crippen molar-refractivity contribution in [2.45, 2.75) is 0 Å². The molecule has 0 fully saturated rings. The van der Waals surface area contributed by atoms with Gasteiger partial charge in [-0.05, 0) is 140 Å². The van der Waals surface area contributed by atoms with Gasteiger partial charge in [0.1, 0.15) is 0 Å². The van der Waals surface area contributed by atoms with Crippen LogP contribution < -0.4 is 0 Å². The first-order chi connectivity index (χ1) is 52.0. The van der Waals surface area contributed by atoms with Crippen LogP contribution >= 0.6 is 0 Å². The van der Waals surface area contributed by atoms with Crippen LogP contribution in [0.4, 0.5) is 0 Å². The van der Waals surface area contributed by atoms with Crippen molar-refractivity contribution in [3.05, 3.63) is 370 Å². The Morgan fingerprint density at radius 2 is 0.486 bits per heavy atom. The molecule has 14 aromatic carbocycles. The van der Waals surface area contributed by atoms with Crippen molar-refractivity contribution in [2.24, 2.45) is 0 Å². The lowest BCUT2D eigenvalue weighted by atomic mass is 9.95. The largest absolute Gasteiger partial charge is 0.307 e. The highest BCUT2D eigenvalue weighted by Crippen LogP contribution is 2.48. The smallest absolute Gasteiger partial charge is 0.162 e. The van der Waals surface area contributed by atoms with Crippen molar-refractivity contribution >= 4 is 97.7 Å². The summed E-state index contributed by atoms with van der Waals surface area (Å²) in [6.07, 6.45) is 2.15. The van der Waals surface area contributed by atoms with E-state index in [0.29, 0.717) is 0 Å². The Morgan fingerprint density at radius 3 is 0.886 bits per heavy atom. The van der Waals surface area contributed by atoms with E-state index in [9.17, 15) is 0 Å². The van der Waals surface area contributed by atoms with Gasteiger partial charge in [0.05, 0.1) is 84.8 Å². The van der Waals surface area contributed by atoms with E-state index in [0.717, 1.165) is 183 Å². The second-order valence-corrected chi connectivity index (χ2v) is 27.3. The molecule has 0 saturated carbocycles. The maximum Gasteiger partial charge on any atom is 0.162 e. The van der Waals surface area contributed by atoms with Crippen molar-refractivity contribution in [3.8, 4) is 107 Å². The van der Waals surface area contributed by atoms with Crippen LogP contribution in [-0.2, 0) is 0 Å². The molecule has 0 aliphatic heterocycles. The SMILES string of the molecule is c1ccc(-c2cc(-c3cc(-c4ccc(-c5c(-n6c7ccccc7c7cc8ccccc8cc76)cnc(-n6c7ccccc7c7cc8ccccc8cc76)c5-n5c6ccccc6c6cc7ccccc7cc65)cc4)cc(-c4cc(-c5ccccc5)nc(-c5ccccc5)c4)n3)cc(-c3ccccc3)n2)cc1. The van der Waals surface area contributed by atoms with E-state index in [-0.39, 0.29) is 0 Å². The molecular weight excluding hydrogens is 1280 g/mol. The van der Waals surface area contributed by atoms with Crippen molar-refractivity contribution < 1.29 is 0 Å². The molecule has 7 heteroatoms. The van der Waals surface area contributed by atoms with Gasteiger partial charge in [-0.25, -0.2) is 19.9 Å². The maximum absolute atomic E-state index is 6.00. The lowest BCUT2D eigenvalue weighted by molar-refractivity contribution is 1.01. The van der Waals surface area contributed by atoms with Crippen LogP contribution in [0.15, 0.2) is 370 Å². The van der Waals surface area contributed by atoms with Crippen molar-refractivity contribution in [3.63, 3.8) is 0 Å². The van der Waals surface area contributed by atoms with E-state index in [4.69, 9.17) is 19.9 Å². The molecule has 0 aliphatic rings. The Balaban J connectivity index is 0.870. The lowest BCUT2D eigenvalue weighted by Gasteiger charge is -2.24. The summed E-state index contributed by atoms with van der Waals surface area (Å²) in [5.41, 5.74) is 23.4. The third kappa shape index (κ3) is 10.0. The van der Waals surface area contributed by atoms with Crippen LogP contribution in [0.5, 0.6) is 0 Å². The molecule has 0 unspecified atom stereocenters. The van der Waals surface area contributed by atoms with Gasteiger partial charge >= 0.3 is 0 Å². The number of hydrogen-bond donors (Lipinski definition) is 0. The maximum atomic E-state index is 6.00. The van der Waals surface area contributed by atoms with E-state index < -0.39 is 0 Å². The number of pyridine rings is 4. The molecule has 21 rings (SSSR count). The highest BCUT2D eigenvalue weighted by atomic mass is 15.1. The van der Waals surface area contributed by atoms with Crippen LogP contribution in [0.3, 0.4) is 0 Å². The molecule has 0 N–H and O–H groups in total. The monoisotopic (exact) mass is 1340 g/mol. The minimum Gasteiger partial charge on any atom is -0.307 e. The standard InChI is InChI=1S/C98H61N7/c1-5-25-63(26-6-1)83-54-75(55-84(100-83)64-27-7-2-8-28-64)87-52-74(53-88(102-87)76-56-85(65-29-9-3-10-30-65)101-86(57-76)66-31-11-4-12-32-66)62-45-47-67(48-46-62)96-95(103-89-42-22-19-39-77(89)80-49-68-33-13-16-36-71(68)58-92(80)103)61-99-98(105-91-44-24-21-41-79(91)82-51-70-35-15-18-38-73(70)60-94(82)105)97(96)104-90-43-23-20-40-78(90)81-50-69-34-14-17-37-72(69)59-93(81)104/h1-61H. The zero-order chi connectivity index (χ0) is 69.1. The van der Waals surface area contributed by atoms with E-state index >= 15 is 0 Å². The van der Waals surface area contributed by atoms with Gasteiger partial charge in [0.25, 0.3) is 0 Å². The average Bonchev–Trinajstić information content (AvgIpc) is 1.58.